The molecule has 1 aliphatic heterocycles. The van der Waals surface area contributed by atoms with Crippen molar-refractivity contribution >= 4 is 23.5 Å². The highest BCUT2D eigenvalue weighted by molar-refractivity contribution is 8.21. The van der Waals surface area contributed by atoms with Gasteiger partial charge in [-0.05, 0) is 12.3 Å². The summed E-state index contributed by atoms with van der Waals surface area (Å²) in [7, 11) is 0. The zero-order valence-electron chi connectivity index (χ0n) is 11.6. The first kappa shape index (κ1) is 13.9. The highest BCUT2D eigenvalue weighted by atomic mass is 32.2. The molecular formula is C15H24N2S2. The van der Waals surface area contributed by atoms with Crippen molar-refractivity contribution in [2.75, 3.05) is 11.5 Å². The van der Waals surface area contributed by atoms with Crippen molar-refractivity contribution < 1.29 is 0 Å². The van der Waals surface area contributed by atoms with Crippen molar-refractivity contribution in [2.45, 2.75) is 55.6 Å². The maximum Gasteiger partial charge on any atom is 0.0946 e. The highest BCUT2D eigenvalue weighted by Crippen LogP contribution is 2.49. The van der Waals surface area contributed by atoms with E-state index >= 15 is 0 Å². The van der Waals surface area contributed by atoms with E-state index in [0.717, 1.165) is 12.5 Å². The Morgan fingerprint density at radius 1 is 1.21 bits per heavy atom. The van der Waals surface area contributed by atoms with Gasteiger partial charge in [0.2, 0.25) is 0 Å². The molecule has 0 aromatic carbocycles. The lowest BCUT2D eigenvalue weighted by Gasteiger charge is -2.28. The summed E-state index contributed by atoms with van der Waals surface area (Å²) in [4.78, 5) is 4.18. The predicted molar refractivity (Wildman–Crippen MR) is 85.7 cm³/mol. The number of thioether (sulfide) groups is 2. The van der Waals surface area contributed by atoms with Crippen LogP contribution in [0.1, 0.15) is 44.9 Å². The maximum absolute atomic E-state index is 4.18. The minimum atomic E-state index is 0.430. The van der Waals surface area contributed by atoms with Crippen molar-refractivity contribution in [3.8, 4) is 0 Å². The number of rotatable bonds is 6. The fourth-order valence-corrected chi connectivity index (χ4v) is 6.73. The molecule has 1 aliphatic carbocycles. The molecule has 3 rings (SSSR count). The van der Waals surface area contributed by atoms with Gasteiger partial charge in [-0.1, -0.05) is 38.5 Å². The van der Waals surface area contributed by atoms with E-state index in [-0.39, 0.29) is 0 Å². The Kier molecular flexibility index (Phi) is 4.80. The number of hydrogen-bond acceptors (Lipinski definition) is 3. The summed E-state index contributed by atoms with van der Waals surface area (Å²) in [6.07, 6.45) is 16.2. The van der Waals surface area contributed by atoms with Gasteiger partial charge in [0.15, 0.2) is 0 Å². The second-order valence-corrected chi connectivity index (χ2v) is 9.10. The highest BCUT2D eigenvalue weighted by Gasteiger charge is 2.35. The molecule has 4 heteroatoms. The topological polar surface area (TPSA) is 17.8 Å². The molecule has 2 aliphatic rings. The number of nitrogens with zero attached hydrogens (tertiary/aromatic N) is 2. The summed E-state index contributed by atoms with van der Waals surface area (Å²) in [5.41, 5.74) is 0. The SMILES string of the molecule is c1cn(CC2(CCCC3CCCC3)SCCS2)cn1. The van der Waals surface area contributed by atoms with Crippen LogP contribution in [0.5, 0.6) is 0 Å². The Balaban J connectivity index is 1.51. The fraction of sp³-hybridized carbons (Fsp3) is 0.800. The van der Waals surface area contributed by atoms with Crippen molar-refractivity contribution in [1.82, 2.24) is 9.55 Å². The zero-order chi connectivity index (χ0) is 13.0. The van der Waals surface area contributed by atoms with Gasteiger partial charge >= 0.3 is 0 Å². The van der Waals surface area contributed by atoms with Crippen molar-refractivity contribution in [2.24, 2.45) is 5.92 Å². The smallest absolute Gasteiger partial charge is 0.0946 e. The van der Waals surface area contributed by atoms with Gasteiger partial charge < -0.3 is 4.57 Å². The first-order valence-electron chi connectivity index (χ1n) is 7.60. The zero-order valence-corrected chi connectivity index (χ0v) is 13.2. The van der Waals surface area contributed by atoms with Crippen molar-refractivity contribution in [3.63, 3.8) is 0 Å². The average Bonchev–Trinajstić information content (AvgIpc) is 3.12. The third kappa shape index (κ3) is 3.72. The van der Waals surface area contributed by atoms with E-state index in [9.17, 15) is 0 Å². The Hall–Kier alpha value is -0.0900. The standard InChI is InChI=1S/C15H24N2S2/c1-2-5-14(4-1)6-3-7-15(18-10-11-19-15)12-17-9-8-16-13-17/h8-9,13-14H,1-7,10-12H2. The first-order valence-corrected chi connectivity index (χ1v) is 9.57. The summed E-state index contributed by atoms with van der Waals surface area (Å²) in [5, 5.41) is 0. The summed E-state index contributed by atoms with van der Waals surface area (Å²) >= 11 is 4.37. The summed E-state index contributed by atoms with van der Waals surface area (Å²) in [6.45, 7) is 1.13. The molecule has 0 atom stereocenters. The van der Waals surface area contributed by atoms with Crippen LogP contribution in [0.15, 0.2) is 18.7 Å². The van der Waals surface area contributed by atoms with Crippen LogP contribution < -0.4 is 0 Å². The maximum atomic E-state index is 4.18. The first-order chi connectivity index (χ1) is 9.36. The van der Waals surface area contributed by atoms with Crippen LogP contribution >= 0.6 is 23.5 Å². The molecule has 0 radical (unpaired) electrons. The largest absolute Gasteiger partial charge is 0.335 e. The van der Waals surface area contributed by atoms with Crippen LogP contribution in [0, 0.1) is 5.92 Å². The molecule has 2 nitrogen and oxygen atoms in total. The van der Waals surface area contributed by atoms with Gasteiger partial charge in [-0.3, -0.25) is 0 Å². The van der Waals surface area contributed by atoms with E-state index in [0.29, 0.717) is 4.08 Å². The number of aromatic nitrogens is 2. The minimum Gasteiger partial charge on any atom is -0.335 e. The van der Waals surface area contributed by atoms with E-state index in [2.05, 4.69) is 39.3 Å². The molecule has 1 saturated heterocycles. The molecule has 1 aromatic rings. The van der Waals surface area contributed by atoms with Gasteiger partial charge in [-0.2, -0.15) is 0 Å². The molecule has 0 spiro atoms. The van der Waals surface area contributed by atoms with Gasteiger partial charge in [0.1, 0.15) is 0 Å². The molecule has 0 N–H and O–H groups in total. The van der Waals surface area contributed by atoms with Gasteiger partial charge in [0.25, 0.3) is 0 Å². The van der Waals surface area contributed by atoms with Crippen LogP contribution in [-0.2, 0) is 6.54 Å². The number of imidazole rings is 1. The fourth-order valence-electron chi connectivity index (χ4n) is 3.43. The van der Waals surface area contributed by atoms with E-state index in [1.54, 1.807) is 0 Å². The van der Waals surface area contributed by atoms with Crippen LogP contribution in [0.3, 0.4) is 0 Å². The van der Waals surface area contributed by atoms with E-state index in [1.807, 2.05) is 12.5 Å². The third-order valence-corrected chi connectivity index (χ3v) is 7.94. The van der Waals surface area contributed by atoms with E-state index in [1.165, 1.54) is 56.5 Å². The lowest BCUT2D eigenvalue weighted by atomic mass is 10.00. The molecule has 0 amide bonds. The van der Waals surface area contributed by atoms with Crippen LogP contribution in [0.2, 0.25) is 0 Å². The molecule has 1 saturated carbocycles. The summed E-state index contributed by atoms with van der Waals surface area (Å²) in [6, 6.07) is 0. The quantitative estimate of drug-likeness (QED) is 0.774. The van der Waals surface area contributed by atoms with Gasteiger partial charge in [0, 0.05) is 30.4 Å². The van der Waals surface area contributed by atoms with E-state index < -0.39 is 0 Å². The molecular weight excluding hydrogens is 272 g/mol. The second-order valence-electron chi connectivity index (χ2n) is 5.89. The van der Waals surface area contributed by atoms with Gasteiger partial charge in [0.05, 0.1) is 10.4 Å². The van der Waals surface area contributed by atoms with Crippen molar-refractivity contribution in [1.29, 1.82) is 0 Å². The Morgan fingerprint density at radius 2 is 2.00 bits per heavy atom. The monoisotopic (exact) mass is 296 g/mol. The molecule has 1 aromatic heterocycles. The summed E-state index contributed by atoms with van der Waals surface area (Å²) in [5.74, 6) is 3.69. The minimum absolute atomic E-state index is 0.430. The molecule has 19 heavy (non-hydrogen) atoms. The Morgan fingerprint density at radius 3 is 2.68 bits per heavy atom. The average molecular weight is 297 g/mol. The predicted octanol–water partition coefficient (Wildman–Crippen LogP) is 4.42. The molecule has 2 fully saturated rings. The second kappa shape index (κ2) is 6.57. The lowest BCUT2D eigenvalue weighted by molar-refractivity contribution is 0.455. The lowest BCUT2D eigenvalue weighted by Crippen LogP contribution is -2.24. The molecule has 106 valence electrons. The normalized spacial score (nSPS) is 23.2. The van der Waals surface area contributed by atoms with Crippen LogP contribution in [0.4, 0.5) is 0 Å². The van der Waals surface area contributed by atoms with Gasteiger partial charge in [-0.25, -0.2) is 4.98 Å². The Bertz CT molecular complexity index is 366. The molecule has 0 unspecified atom stereocenters. The van der Waals surface area contributed by atoms with Gasteiger partial charge in [-0.15, -0.1) is 23.5 Å². The third-order valence-electron chi connectivity index (χ3n) is 4.44. The summed E-state index contributed by atoms with van der Waals surface area (Å²) < 4.78 is 2.69. The molecule has 2 heterocycles. The number of hydrogen-bond donors (Lipinski definition) is 0. The Labute approximate surface area is 125 Å². The van der Waals surface area contributed by atoms with Crippen molar-refractivity contribution in [3.05, 3.63) is 18.7 Å². The van der Waals surface area contributed by atoms with Crippen LogP contribution in [-0.4, -0.2) is 25.1 Å². The van der Waals surface area contributed by atoms with Crippen LogP contribution in [0.25, 0.3) is 0 Å². The molecule has 0 bridgehead atoms. The van der Waals surface area contributed by atoms with E-state index in [4.69, 9.17) is 0 Å².